The van der Waals surface area contributed by atoms with E-state index in [2.05, 4.69) is 108 Å². The number of nitrogens with zero attached hydrogens (tertiary/aromatic N) is 3. The van der Waals surface area contributed by atoms with Gasteiger partial charge in [-0.3, -0.25) is 0 Å². The van der Waals surface area contributed by atoms with E-state index in [4.69, 9.17) is 21.3 Å². The van der Waals surface area contributed by atoms with Gasteiger partial charge >= 0.3 is 0 Å². The smallest absolute Gasteiger partial charge is 0.195 e. The van der Waals surface area contributed by atoms with Gasteiger partial charge in [-0.05, 0) is 57.6 Å². The highest BCUT2D eigenvalue weighted by Gasteiger charge is 2.51. The fourth-order valence-electron chi connectivity index (χ4n) is 8.21. The number of rotatable bonds is 4. The Labute approximate surface area is 302 Å². The lowest BCUT2D eigenvalue weighted by molar-refractivity contribution is 0.436. The summed E-state index contributed by atoms with van der Waals surface area (Å²) in [5.41, 5.74) is 13.2. The van der Waals surface area contributed by atoms with Gasteiger partial charge in [-0.25, -0.2) is 14.8 Å². The predicted molar refractivity (Wildman–Crippen MR) is 207 cm³/mol. The maximum Gasteiger partial charge on any atom is 0.195 e. The van der Waals surface area contributed by atoms with Gasteiger partial charge in [0.15, 0.2) is 11.5 Å². The van der Waals surface area contributed by atoms with Crippen LogP contribution >= 0.6 is 0 Å². The molecule has 10 rings (SSSR count). The number of fused-ring (bicyclic) bond motifs is 9. The molecule has 242 valence electrons. The lowest BCUT2D eigenvalue weighted by atomic mass is 9.66. The van der Waals surface area contributed by atoms with Gasteiger partial charge in [0.25, 0.3) is 0 Å². The monoisotopic (exact) mass is 663 g/mol. The van der Waals surface area contributed by atoms with E-state index in [1.807, 2.05) is 72.8 Å². The molecule has 0 radical (unpaired) electrons. The van der Waals surface area contributed by atoms with Gasteiger partial charge in [-0.2, -0.15) is 0 Å². The van der Waals surface area contributed by atoms with E-state index in [-0.39, 0.29) is 0 Å². The van der Waals surface area contributed by atoms with Crippen molar-refractivity contribution in [3.63, 3.8) is 0 Å². The van der Waals surface area contributed by atoms with Crippen molar-refractivity contribution in [1.82, 2.24) is 9.97 Å². The number of benzene rings is 7. The summed E-state index contributed by atoms with van der Waals surface area (Å²) in [6.07, 6.45) is 0. The SMILES string of the molecule is [C-]#[N+]c1cccc2c1-c1cc(-c3ccccc3-c3cc(-c4ccccc4)nc(-c4ccccc4)n3)ccc1C21c2ccccc2Oc2ccccc21. The summed E-state index contributed by atoms with van der Waals surface area (Å²) in [6.45, 7) is 8.28. The second-order valence-electron chi connectivity index (χ2n) is 13.2. The highest BCUT2D eigenvalue weighted by Crippen LogP contribution is 2.63. The molecule has 1 spiro atoms. The minimum absolute atomic E-state index is 0.637. The Morgan fingerprint density at radius 1 is 0.442 bits per heavy atom. The fourth-order valence-corrected chi connectivity index (χ4v) is 8.21. The molecule has 7 aromatic carbocycles. The number of aromatic nitrogens is 2. The van der Waals surface area contributed by atoms with Crippen LogP contribution in [0, 0.1) is 6.57 Å². The highest BCUT2D eigenvalue weighted by molar-refractivity contribution is 5.97. The van der Waals surface area contributed by atoms with Crippen LogP contribution < -0.4 is 4.74 Å². The predicted octanol–water partition coefficient (Wildman–Crippen LogP) is 12.2. The van der Waals surface area contributed by atoms with Crippen LogP contribution in [-0.2, 0) is 5.41 Å². The van der Waals surface area contributed by atoms with E-state index in [1.165, 1.54) is 0 Å². The molecule has 0 atom stereocenters. The van der Waals surface area contributed by atoms with E-state index in [9.17, 15) is 0 Å². The molecule has 0 bridgehead atoms. The number of para-hydroxylation sites is 2. The Bertz CT molecular complexity index is 2630. The lowest BCUT2D eigenvalue weighted by Gasteiger charge is -2.39. The van der Waals surface area contributed by atoms with Crippen molar-refractivity contribution in [2.45, 2.75) is 5.41 Å². The molecule has 2 aliphatic rings. The normalized spacial score (nSPS) is 12.9. The minimum atomic E-state index is -0.642. The minimum Gasteiger partial charge on any atom is -0.457 e. The van der Waals surface area contributed by atoms with Crippen molar-refractivity contribution in [3.8, 4) is 67.7 Å². The van der Waals surface area contributed by atoms with Gasteiger partial charge in [0, 0.05) is 27.8 Å². The van der Waals surface area contributed by atoms with Crippen LogP contribution in [0.1, 0.15) is 22.3 Å². The number of hydrogen-bond acceptors (Lipinski definition) is 3. The van der Waals surface area contributed by atoms with E-state index in [0.717, 1.165) is 84.1 Å². The van der Waals surface area contributed by atoms with E-state index < -0.39 is 5.41 Å². The van der Waals surface area contributed by atoms with Crippen LogP contribution in [0.25, 0.3) is 61.0 Å². The van der Waals surface area contributed by atoms with E-state index in [1.54, 1.807) is 0 Å². The first-order chi connectivity index (χ1) is 25.7. The van der Waals surface area contributed by atoms with Crippen LogP contribution in [0.2, 0.25) is 0 Å². The van der Waals surface area contributed by atoms with Gasteiger partial charge < -0.3 is 4.74 Å². The third-order valence-electron chi connectivity index (χ3n) is 10.4. The van der Waals surface area contributed by atoms with E-state index >= 15 is 0 Å². The molecule has 2 heterocycles. The largest absolute Gasteiger partial charge is 0.457 e. The van der Waals surface area contributed by atoms with Crippen molar-refractivity contribution in [1.29, 1.82) is 0 Å². The first-order valence-electron chi connectivity index (χ1n) is 17.4. The zero-order chi connectivity index (χ0) is 34.6. The van der Waals surface area contributed by atoms with Crippen molar-refractivity contribution in [2.75, 3.05) is 0 Å². The van der Waals surface area contributed by atoms with Crippen LogP contribution in [0.4, 0.5) is 5.69 Å². The molecule has 4 heteroatoms. The fraction of sp³-hybridized carbons (Fsp3) is 0.0208. The van der Waals surface area contributed by atoms with Gasteiger partial charge in [-0.15, -0.1) is 0 Å². The van der Waals surface area contributed by atoms with Crippen molar-refractivity contribution in [3.05, 3.63) is 210 Å². The van der Waals surface area contributed by atoms with Gasteiger partial charge in [0.2, 0.25) is 0 Å². The van der Waals surface area contributed by atoms with Crippen molar-refractivity contribution < 1.29 is 4.74 Å². The molecule has 0 saturated heterocycles. The average Bonchev–Trinajstić information content (AvgIpc) is 3.51. The molecule has 1 aliphatic carbocycles. The summed E-state index contributed by atoms with van der Waals surface area (Å²) in [4.78, 5) is 14.3. The van der Waals surface area contributed by atoms with Crippen LogP contribution in [0.15, 0.2) is 176 Å². The lowest BCUT2D eigenvalue weighted by Crippen LogP contribution is -2.32. The first kappa shape index (κ1) is 29.8. The Morgan fingerprint density at radius 3 is 1.75 bits per heavy atom. The molecule has 1 aromatic heterocycles. The topological polar surface area (TPSA) is 39.4 Å². The summed E-state index contributed by atoms with van der Waals surface area (Å²) >= 11 is 0. The molecule has 0 fully saturated rings. The molecule has 4 nitrogen and oxygen atoms in total. The second kappa shape index (κ2) is 11.8. The summed E-state index contributed by atoms with van der Waals surface area (Å²) < 4.78 is 6.52. The molecule has 1 aliphatic heterocycles. The summed E-state index contributed by atoms with van der Waals surface area (Å²) in [7, 11) is 0. The zero-order valence-corrected chi connectivity index (χ0v) is 28.0. The molecule has 0 N–H and O–H groups in total. The summed E-state index contributed by atoms with van der Waals surface area (Å²) in [5, 5.41) is 0. The Morgan fingerprint density at radius 2 is 1.04 bits per heavy atom. The Balaban J connectivity index is 1.21. The summed E-state index contributed by atoms with van der Waals surface area (Å²) in [6, 6.07) is 60.5. The quantitative estimate of drug-likeness (QED) is 0.176. The third kappa shape index (κ3) is 4.40. The second-order valence-corrected chi connectivity index (χ2v) is 13.2. The Kier molecular flexibility index (Phi) is 6.74. The molecule has 52 heavy (non-hydrogen) atoms. The third-order valence-corrected chi connectivity index (χ3v) is 10.4. The zero-order valence-electron chi connectivity index (χ0n) is 28.0. The molecular weight excluding hydrogens is 635 g/mol. The van der Waals surface area contributed by atoms with Crippen LogP contribution in [0.3, 0.4) is 0 Å². The number of ether oxygens (including phenoxy) is 1. The van der Waals surface area contributed by atoms with E-state index in [0.29, 0.717) is 11.5 Å². The van der Waals surface area contributed by atoms with Crippen molar-refractivity contribution in [2.24, 2.45) is 0 Å². The van der Waals surface area contributed by atoms with Crippen LogP contribution in [-0.4, -0.2) is 9.97 Å². The molecule has 0 unspecified atom stereocenters. The maximum absolute atomic E-state index is 8.28. The summed E-state index contributed by atoms with van der Waals surface area (Å²) in [5.74, 6) is 2.33. The standard InChI is InChI=1S/C48H29N3O/c1-49-41-24-14-23-40-46(41)36-29-33(27-28-37(36)48(40)38-21-10-12-25-44(38)52-45-26-13-11-22-39(45)48)34-19-8-9-20-35(34)43-30-42(31-15-4-2-5-16-31)50-47(51-43)32-17-6-3-7-18-32/h2-30H. The maximum atomic E-state index is 8.28. The average molecular weight is 664 g/mol. The van der Waals surface area contributed by atoms with Gasteiger partial charge in [-0.1, -0.05) is 152 Å². The van der Waals surface area contributed by atoms with Gasteiger partial charge in [0.05, 0.1) is 23.4 Å². The first-order valence-corrected chi connectivity index (χ1v) is 17.4. The Hall–Kier alpha value is -7.09. The van der Waals surface area contributed by atoms with Gasteiger partial charge in [0.1, 0.15) is 11.5 Å². The molecule has 0 saturated carbocycles. The molecule has 8 aromatic rings. The molecule has 0 amide bonds. The van der Waals surface area contributed by atoms with Crippen molar-refractivity contribution >= 4 is 5.69 Å². The number of hydrogen-bond donors (Lipinski definition) is 0. The molecular formula is C48H29N3O. The van der Waals surface area contributed by atoms with Crippen LogP contribution in [0.5, 0.6) is 11.5 Å². The highest BCUT2D eigenvalue weighted by atomic mass is 16.5.